The number of halogens is 1. The van der Waals surface area contributed by atoms with Gasteiger partial charge in [0, 0.05) is 0 Å². The van der Waals surface area contributed by atoms with Gasteiger partial charge in [-0.15, -0.1) is 11.8 Å². The molecular weight excluding hydrogens is 152 g/mol. The van der Waals surface area contributed by atoms with Gasteiger partial charge in [-0.3, -0.25) is 0 Å². The highest BCUT2D eigenvalue weighted by Gasteiger charge is 1.84. The first-order valence-corrected chi connectivity index (χ1v) is 3.32. The molecule has 0 aliphatic heterocycles. The standard InChI is InChI=1S/C2H5BrOS/c1-5-2(3)4/h2,4H,1H3. The number of rotatable bonds is 1. The average molecular weight is 157 g/mol. The summed E-state index contributed by atoms with van der Waals surface area (Å²) in [6, 6.07) is 0. The van der Waals surface area contributed by atoms with Crippen molar-refractivity contribution in [3.63, 3.8) is 0 Å². The maximum Gasteiger partial charge on any atom is 0.155 e. The Morgan fingerprint density at radius 2 is 2.20 bits per heavy atom. The second kappa shape index (κ2) is 3.00. The molecule has 0 aliphatic rings. The number of hydrogen-bond donors (Lipinski definition) is 1. The largest absolute Gasteiger partial charge is 0.372 e. The van der Waals surface area contributed by atoms with Crippen LogP contribution in [0.1, 0.15) is 0 Å². The summed E-state index contributed by atoms with van der Waals surface area (Å²) in [5.41, 5.74) is 0. The summed E-state index contributed by atoms with van der Waals surface area (Å²) in [5, 5.41) is 8.24. The number of alkyl halides is 1. The Bertz CT molecular complexity index is 23.6. The number of hydrogen-bond acceptors (Lipinski definition) is 2. The molecule has 0 rings (SSSR count). The van der Waals surface area contributed by atoms with Crippen LogP contribution in [0.25, 0.3) is 0 Å². The first-order valence-electron chi connectivity index (χ1n) is 1.12. The SMILES string of the molecule is CSC(O)Br. The van der Waals surface area contributed by atoms with E-state index in [1.807, 2.05) is 6.26 Å². The van der Waals surface area contributed by atoms with Crippen molar-refractivity contribution in [1.82, 2.24) is 0 Å². The third-order valence-corrected chi connectivity index (χ3v) is 1.70. The first-order chi connectivity index (χ1) is 2.27. The fraction of sp³-hybridized carbons (Fsp3) is 1.00. The molecule has 0 amide bonds. The van der Waals surface area contributed by atoms with Gasteiger partial charge in [-0.2, -0.15) is 0 Å². The lowest BCUT2D eigenvalue weighted by atomic mass is 11.7. The van der Waals surface area contributed by atoms with Crippen LogP contribution in [-0.2, 0) is 0 Å². The summed E-state index contributed by atoms with van der Waals surface area (Å²) in [7, 11) is 0. The van der Waals surface area contributed by atoms with Gasteiger partial charge < -0.3 is 5.11 Å². The van der Waals surface area contributed by atoms with Gasteiger partial charge in [0.05, 0.1) is 0 Å². The van der Waals surface area contributed by atoms with Crippen molar-refractivity contribution in [3.8, 4) is 0 Å². The Morgan fingerprint density at radius 1 is 2.00 bits per heavy atom. The summed E-state index contributed by atoms with van der Waals surface area (Å²) in [4.78, 5) is 0. The molecule has 5 heavy (non-hydrogen) atoms. The lowest BCUT2D eigenvalue weighted by molar-refractivity contribution is 0.352. The highest BCUT2D eigenvalue weighted by atomic mass is 79.9. The minimum Gasteiger partial charge on any atom is -0.372 e. The van der Waals surface area contributed by atoms with E-state index in [1.165, 1.54) is 11.8 Å². The summed E-state index contributed by atoms with van der Waals surface area (Å²) in [6.07, 6.45) is 1.82. The molecule has 0 spiro atoms. The van der Waals surface area contributed by atoms with E-state index in [2.05, 4.69) is 15.9 Å². The van der Waals surface area contributed by atoms with E-state index in [4.69, 9.17) is 5.11 Å². The molecule has 1 N–H and O–H groups in total. The zero-order chi connectivity index (χ0) is 4.28. The molecule has 0 aromatic carbocycles. The van der Waals surface area contributed by atoms with Crippen LogP contribution in [0.5, 0.6) is 0 Å². The third-order valence-electron chi connectivity index (χ3n) is 0.194. The van der Waals surface area contributed by atoms with E-state index < -0.39 is 0 Å². The fourth-order valence-electron chi connectivity index (χ4n) is 0. The highest BCUT2D eigenvalue weighted by molar-refractivity contribution is 9.11. The summed E-state index contributed by atoms with van der Waals surface area (Å²) in [5.74, 6) is 0. The maximum atomic E-state index is 8.24. The van der Waals surface area contributed by atoms with E-state index >= 15 is 0 Å². The van der Waals surface area contributed by atoms with E-state index in [9.17, 15) is 0 Å². The van der Waals surface area contributed by atoms with E-state index in [1.54, 1.807) is 0 Å². The molecule has 0 aliphatic carbocycles. The van der Waals surface area contributed by atoms with Crippen LogP contribution < -0.4 is 0 Å². The predicted octanol–water partition coefficient (Wildman–Crippen LogP) is 1.02. The molecule has 0 aromatic heterocycles. The lowest BCUT2D eigenvalue weighted by Crippen LogP contribution is -1.80. The highest BCUT2D eigenvalue weighted by Crippen LogP contribution is 2.07. The molecule has 0 fully saturated rings. The second-order valence-corrected chi connectivity index (χ2v) is 2.92. The number of aliphatic hydroxyl groups is 1. The Hall–Kier alpha value is 0.790. The van der Waals surface area contributed by atoms with Gasteiger partial charge in [0.25, 0.3) is 0 Å². The van der Waals surface area contributed by atoms with Crippen molar-refractivity contribution >= 4 is 27.7 Å². The first kappa shape index (κ1) is 5.79. The Morgan fingerprint density at radius 3 is 2.20 bits per heavy atom. The molecule has 0 radical (unpaired) electrons. The molecule has 32 valence electrons. The minimum atomic E-state index is -0.387. The lowest BCUT2D eigenvalue weighted by Gasteiger charge is -1.88. The summed E-state index contributed by atoms with van der Waals surface area (Å²) in [6.45, 7) is 0. The van der Waals surface area contributed by atoms with Crippen molar-refractivity contribution in [2.75, 3.05) is 6.26 Å². The Labute approximate surface area is 43.9 Å². The zero-order valence-electron chi connectivity index (χ0n) is 2.81. The van der Waals surface area contributed by atoms with Crippen LogP contribution in [-0.4, -0.2) is 15.7 Å². The monoisotopic (exact) mass is 156 g/mol. The molecule has 1 atom stereocenters. The van der Waals surface area contributed by atoms with Crippen molar-refractivity contribution < 1.29 is 5.11 Å². The molecular formula is C2H5BrOS. The molecule has 0 bridgehead atoms. The minimum absolute atomic E-state index is 0.387. The van der Waals surface area contributed by atoms with Crippen molar-refractivity contribution in [2.24, 2.45) is 0 Å². The van der Waals surface area contributed by atoms with Crippen LogP contribution in [0.2, 0.25) is 0 Å². The van der Waals surface area contributed by atoms with Crippen LogP contribution >= 0.6 is 27.7 Å². The molecule has 0 aromatic rings. The van der Waals surface area contributed by atoms with E-state index in [-0.39, 0.29) is 4.35 Å². The molecule has 1 nitrogen and oxygen atoms in total. The number of thioether (sulfide) groups is 1. The van der Waals surface area contributed by atoms with E-state index in [0.29, 0.717) is 0 Å². The molecule has 0 saturated carbocycles. The van der Waals surface area contributed by atoms with Crippen LogP contribution in [0.3, 0.4) is 0 Å². The predicted molar refractivity (Wildman–Crippen MR) is 28.4 cm³/mol. The smallest absolute Gasteiger partial charge is 0.155 e. The van der Waals surface area contributed by atoms with Crippen LogP contribution in [0, 0.1) is 0 Å². The molecule has 3 heteroatoms. The van der Waals surface area contributed by atoms with Crippen molar-refractivity contribution in [2.45, 2.75) is 4.35 Å². The van der Waals surface area contributed by atoms with E-state index in [0.717, 1.165) is 0 Å². The van der Waals surface area contributed by atoms with Gasteiger partial charge in [0.15, 0.2) is 4.35 Å². The van der Waals surface area contributed by atoms with Gasteiger partial charge in [-0.1, -0.05) is 0 Å². The Balaban J connectivity index is 2.54. The van der Waals surface area contributed by atoms with Gasteiger partial charge in [-0.25, -0.2) is 0 Å². The fourth-order valence-corrected chi connectivity index (χ4v) is 0. The van der Waals surface area contributed by atoms with Crippen molar-refractivity contribution in [1.29, 1.82) is 0 Å². The maximum absolute atomic E-state index is 8.24. The Kier molecular flexibility index (Phi) is 3.47. The second-order valence-electron chi connectivity index (χ2n) is 0.528. The van der Waals surface area contributed by atoms with Gasteiger partial charge >= 0.3 is 0 Å². The molecule has 1 unspecified atom stereocenters. The number of aliphatic hydroxyl groups excluding tert-OH is 1. The molecule has 0 saturated heterocycles. The zero-order valence-corrected chi connectivity index (χ0v) is 5.21. The average Bonchev–Trinajstić information content (AvgIpc) is 1.38. The van der Waals surface area contributed by atoms with Gasteiger partial charge in [0.1, 0.15) is 0 Å². The van der Waals surface area contributed by atoms with Gasteiger partial charge in [-0.05, 0) is 22.2 Å². The summed E-state index contributed by atoms with van der Waals surface area (Å²) < 4.78 is -0.387. The topological polar surface area (TPSA) is 20.2 Å². The summed E-state index contributed by atoms with van der Waals surface area (Å²) >= 11 is 4.24. The van der Waals surface area contributed by atoms with Crippen LogP contribution in [0.4, 0.5) is 0 Å². The third kappa shape index (κ3) is 4.79. The normalized spacial score (nSPS) is 15.0. The van der Waals surface area contributed by atoms with Crippen molar-refractivity contribution in [3.05, 3.63) is 0 Å². The quantitative estimate of drug-likeness (QED) is 0.453. The van der Waals surface area contributed by atoms with Gasteiger partial charge in [0.2, 0.25) is 0 Å². The molecule has 0 heterocycles. The van der Waals surface area contributed by atoms with Crippen LogP contribution in [0.15, 0.2) is 0 Å².